The fraction of sp³-hybridized carbons (Fsp3) is 0.400. The van der Waals surface area contributed by atoms with Crippen molar-refractivity contribution in [1.29, 1.82) is 0 Å². The highest BCUT2D eigenvalue weighted by molar-refractivity contribution is 6.31. The van der Waals surface area contributed by atoms with Gasteiger partial charge in [0.2, 0.25) is 0 Å². The molecule has 0 radical (unpaired) electrons. The van der Waals surface area contributed by atoms with Crippen LogP contribution in [0.25, 0.3) is 0 Å². The van der Waals surface area contributed by atoms with Gasteiger partial charge in [0.25, 0.3) is 0 Å². The van der Waals surface area contributed by atoms with Crippen molar-refractivity contribution in [3.63, 3.8) is 0 Å². The number of rotatable bonds is 7. The highest BCUT2D eigenvalue weighted by Gasteiger charge is 2.22. The third-order valence-electron chi connectivity index (χ3n) is 4.60. The second kappa shape index (κ2) is 9.20. The largest absolute Gasteiger partial charge is 0.497 e. The van der Waals surface area contributed by atoms with Crippen molar-refractivity contribution in [2.75, 3.05) is 40.0 Å². The fourth-order valence-corrected chi connectivity index (χ4v) is 3.36. The van der Waals surface area contributed by atoms with Crippen molar-refractivity contribution in [1.82, 2.24) is 10.2 Å². The van der Waals surface area contributed by atoms with Gasteiger partial charge in [-0.25, -0.2) is 0 Å². The molecule has 25 heavy (non-hydrogen) atoms. The van der Waals surface area contributed by atoms with E-state index in [0.717, 1.165) is 55.7 Å². The number of hydrogen-bond acceptors (Lipinski definition) is 4. The minimum absolute atomic E-state index is 0.303. The molecule has 1 atom stereocenters. The molecule has 2 aromatic carbocycles. The molecule has 134 valence electrons. The van der Waals surface area contributed by atoms with Gasteiger partial charge in [0.1, 0.15) is 5.75 Å². The van der Waals surface area contributed by atoms with Crippen molar-refractivity contribution in [3.05, 3.63) is 64.7 Å². The molecule has 1 aliphatic rings. The lowest BCUT2D eigenvalue weighted by atomic mass is 10.0. The van der Waals surface area contributed by atoms with Crippen LogP contribution in [0.5, 0.6) is 5.75 Å². The highest BCUT2D eigenvalue weighted by Crippen LogP contribution is 2.24. The van der Waals surface area contributed by atoms with E-state index in [1.165, 1.54) is 5.56 Å². The maximum absolute atomic E-state index is 6.26. The van der Waals surface area contributed by atoms with Crippen LogP contribution in [0.1, 0.15) is 17.2 Å². The number of morpholine rings is 1. The number of nitrogens with zero attached hydrogens (tertiary/aromatic N) is 1. The molecule has 0 aromatic heterocycles. The highest BCUT2D eigenvalue weighted by atomic mass is 35.5. The molecule has 3 rings (SSSR count). The van der Waals surface area contributed by atoms with E-state index < -0.39 is 0 Å². The molecule has 0 saturated carbocycles. The summed E-state index contributed by atoms with van der Waals surface area (Å²) in [5.41, 5.74) is 2.41. The Bertz CT molecular complexity index is 657. The number of benzene rings is 2. The van der Waals surface area contributed by atoms with Crippen LogP contribution in [0.4, 0.5) is 0 Å². The molecule has 0 amide bonds. The van der Waals surface area contributed by atoms with E-state index in [9.17, 15) is 0 Å². The Morgan fingerprint density at radius 2 is 1.84 bits per heavy atom. The van der Waals surface area contributed by atoms with Crippen LogP contribution in [-0.2, 0) is 11.3 Å². The predicted octanol–water partition coefficient (Wildman–Crippen LogP) is 3.51. The molecule has 0 bridgehead atoms. The van der Waals surface area contributed by atoms with Crippen LogP contribution in [-0.4, -0.2) is 44.9 Å². The van der Waals surface area contributed by atoms with Crippen molar-refractivity contribution in [2.45, 2.75) is 12.6 Å². The van der Waals surface area contributed by atoms with Crippen molar-refractivity contribution >= 4 is 11.6 Å². The van der Waals surface area contributed by atoms with Crippen LogP contribution in [0.15, 0.2) is 48.5 Å². The summed E-state index contributed by atoms with van der Waals surface area (Å²) in [6.45, 7) is 5.09. The molecular formula is C20H25ClN2O2. The standard InChI is InChI=1S/C20H25ClN2O2/c1-24-18-8-6-16(7-9-18)20(23-10-12-25-13-11-23)15-22-14-17-4-2-3-5-19(17)21/h2-9,20,22H,10-15H2,1H3/t20-/m1/s1. The van der Waals surface area contributed by atoms with Crippen LogP contribution in [0.2, 0.25) is 5.02 Å². The summed E-state index contributed by atoms with van der Waals surface area (Å²) in [4.78, 5) is 2.48. The quantitative estimate of drug-likeness (QED) is 0.819. The van der Waals surface area contributed by atoms with Crippen LogP contribution >= 0.6 is 11.6 Å². The first-order valence-electron chi connectivity index (χ1n) is 8.68. The van der Waals surface area contributed by atoms with E-state index in [1.807, 2.05) is 30.3 Å². The van der Waals surface area contributed by atoms with Crippen LogP contribution in [0, 0.1) is 0 Å². The molecule has 0 unspecified atom stereocenters. The van der Waals surface area contributed by atoms with Gasteiger partial charge in [-0.2, -0.15) is 0 Å². The Morgan fingerprint density at radius 1 is 1.12 bits per heavy atom. The van der Waals surface area contributed by atoms with Crippen molar-refractivity contribution in [3.8, 4) is 5.75 Å². The van der Waals surface area contributed by atoms with Gasteiger partial charge in [-0.15, -0.1) is 0 Å². The first-order chi connectivity index (χ1) is 12.3. The molecular weight excluding hydrogens is 336 g/mol. The molecule has 1 aliphatic heterocycles. The third-order valence-corrected chi connectivity index (χ3v) is 4.97. The number of methoxy groups -OCH3 is 1. The van der Waals surface area contributed by atoms with Gasteiger partial charge < -0.3 is 14.8 Å². The minimum Gasteiger partial charge on any atom is -0.497 e. The van der Waals surface area contributed by atoms with E-state index >= 15 is 0 Å². The molecule has 1 N–H and O–H groups in total. The Labute approximate surface area is 154 Å². The second-order valence-corrected chi connectivity index (χ2v) is 6.57. The molecule has 0 aliphatic carbocycles. The Morgan fingerprint density at radius 3 is 2.52 bits per heavy atom. The number of ether oxygens (including phenoxy) is 2. The molecule has 1 saturated heterocycles. The summed E-state index contributed by atoms with van der Waals surface area (Å²) >= 11 is 6.26. The van der Waals surface area contributed by atoms with Gasteiger partial charge in [-0.1, -0.05) is 41.9 Å². The lowest BCUT2D eigenvalue weighted by Gasteiger charge is -2.35. The average molecular weight is 361 g/mol. The monoisotopic (exact) mass is 360 g/mol. The lowest BCUT2D eigenvalue weighted by Crippen LogP contribution is -2.42. The molecule has 0 spiro atoms. The van der Waals surface area contributed by atoms with Gasteiger partial charge in [-0.05, 0) is 29.3 Å². The van der Waals surface area contributed by atoms with Crippen LogP contribution < -0.4 is 10.1 Å². The SMILES string of the molecule is COc1ccc([C@@H](CNCc2ccccc2Cl)N2CCOCC2)cc1. The average Bonchev–Trinajstić information content (AvgIpc) is 2.67. The predicted molar refractivity (Wildman–Crippen MR) is 101 cm³/mol. The zero-order valence-corrected chi connectivity index (χ0v) is 15.3. The first-order valence-corrected chi connectivity index (χ1v) is 9.05. The lowest BCUT2D eigenvalue weighted by molar-refractivity contribution is 0.0161. The van der Waals surface area contributed by atoms with Crippen molar-refractivity contribution < 1.29 is 9.47 Å². The minimum atomic E-state index is 0.303. The normalized spacial score (nSPS) is 16.6. The molecule has 1 fully saturated rings. The van der Waals surface area contributed by atoms with Crippen LogP contribution in [0.3, 0.4) is 0 Å². The molecule has 2 aromatic rings. The maximum Gasteiger partial charge on any atom is 0.118 e. The van der Waals surface area contributed by atoms with Gasteiger partial charge >= 0.3 is 0 Å². The molecule has 4 nitrogen and oxygen atoms in total. The zero-order valence-electron chi connectivity index (χ0n) is 14.6. The Kier molecular flexibility index (Phi) is 6.70. The smallest absolute Gasteiger partial charge is 0.118 e. The fourth-order valence-electron chi connectivity index (χ4n) is 3.16. The second-order valence-electron chi connectivity index (χ2n) is 6.16. The van der Waals surface area contributed by atoms with E-state index in [0.29, 0.717) is 6.04 Å². The summed E-state index contributed by atoms with van der Waals surface area (Å²) in [5, 5.41) is 4.38. The van der Waals surface area contributed by atoms with E-state index in [4.69, 9.17) is 21.1 Å². The summed E-state index contributed by atoms with van der Waals surface area (Å²) in [6, 6.07) is 16.6. The number of nitrogens with one attached hydrogen (secondary N) is 1. The zero-order chi connectivity index (χ0) is 17.5. The van der Waals surface area contributed by atoms with Gasteiger partial charge in [0, 0.05) is 37.2 Å². The van der Waals surface area contributed by atoms with Crippen molar-refractivity contribution in [2.24, 2.45) is 0 Å². The number of halogens is 1. The molecule has 1 heterocycles. The topological polar surface area (TPSA) is 33.7 Å². The third kappa shape index (κ3) is 4.95. The summed E-state index contributed by atoms with van der Waals surface area (Å²) in [6.07, 6.45) is 0. The van der Waals surface area contributed by atoms with Gasteiger partial charge in [0.05, 0.1) is 20.3 Å². The Balaban J connectivity index is 1.68. The summed E-state index contributed by atoms with van der Waals surface area (Å²) in [7, 11) is 1.69. The van der Waals surface area contributed by atoms with E-state index in [-0.39, 0.29) is 0 Å². The molecule has 5 heteroatoms. The maximum atomic E-state index is 6.26. The van der Waals surface area contributed by atoms with E-state index in [1.54, 1.807) is 7.11 Å². The summed E-state index contributed by atoms with van der Waals surface area (Å²) < 4.78 is 10.8. The van der Waals surface area contributed by atoms with E-state index in [2.05, 4.69) is 28.4 Å². The van der Waals surface area contributed by atoms with Gasteiger partial charge in [0.15, 0.2) is 0 Å². The first kappa shape index (κ1) is 18.2. The van der Waals surface area contributed by atoms with Gasteiger partial charge in [-0.3, -0.25) is 4.90 Å². The summed E-state index contributed by atoms with van der Waals surface area (Å²) in [5.74, 6) is 0.883. The number of hydrogen-bond donors (Lipinski definition) is 1. The Hall–Kier alpha value is -1.59.